The average molecular weight is 518 g/mol. The lowest BCUT2D eigenvalue weighted by Crippen LogP contribution is -2.49. The number of carbonyl (C=O) groups excluding carboxylic acids is 2. The quantitative estimate of drug-likeness (QED) is 0.261. The third-order valence-corrected chi connectivity index (χ3v) is 9.69. The Morgan fingerprint density at radius 2 is 1.97 bits per heavy atom. The molecule has 160 valence electrons. The first kappa shape index (κ1) is 20.7. The largest absolute Gasteiger partial charge is 0.459 e. The number of esters is 1. The monoisotopic (exact) mass is 518 g/mol. The first-order chi connectivity index (χ1) is 14.3. The molecule has 0 unspecified atom stereocenters. The molecule has 0 heterocycles. The molecule has 0 amide bonds. The minimum absolute atomic E-state index is 0.0208. The normalized spacial score (nSPS) is 40.1. The fraction of sp³-hybridized carbons (Fsp3) is 0.615. The van der Waals surface area contributed by atoms with E-state index >= 15 is 0 Å². The SMILES string of the molecule is C[C@@]12CC=C3[C@H](CC[C@H]4C[C@H](OC(=O)c5cccc(I)c5)CC[C@]34C)[C@@H]1CCC2=O. The van der Waals surface area contributed by atoms with E-state index in [1.54, 1.807) is 5.57 Å². The fourth-order valence-electron chi connectivity index (χ4n) is 7.21. The maximum Gasteiger partial charge on any atom is 0.338 e. The molecular weight excluding hydrogens is 487 g/mol. The molecule has 3 nitrogen and oxygen atoms in total. The Kier molecular flexibility index (Phi) is 5.15. The van der Waals surface area contributed by atoms with Gasteiger partial charge in [0.2, 0.25) is 0 Å². The maximum absolute atomic E-state index is 12.7. The highest BCUT2D eigenvalue weighted by Crippen LogP contribution is 2.63. The first-order valence-electron chi connectivity index (χ1n) is 11.5. The molecule has 6 atom stereocenters. The van der Waals surface area contributed by atoms with Gasteiger partial charge in [-0.25, -0.2) is 4.79 Å². The van der Waals surface area contributed by atoms with E-state index in [2.05, 4.69) is 42.5 Å². The minimum atomic E-state index is -0.187. The molecule has 0 spiro atoms. The summed E-state index contributed by atoms with van der Waals surface area (Å²) in [7, 11) is 0. The lowest BCUT2D eigenvalue weighted by atomic mass is 9.49. The van der Waals surface area contributed by atoms with Crippen LogP contribution in [0.3, 0.4) is 0 Å². The summed E-state index contributed by atoms with van der Waals surface area (Å²) in [5, 5.41) is 0. The van der Waals surface area contributed by atoms with Crippen molar-refractivity contribution in [3.05, 3.63) is 45.0 Å². The van der Waals surface area contributed by atoms with Crippen molar-refractivity contribution in [2.75, 3.05) is 0 Å². The van der Waals surface area contributed by atoms with E-state index in [1.165, 1.54) is 12.8 Å². The Hall–Kier alpha value is -1.17. The Labute approximate surface area is 193 Å². The van der Waals surface area contributed by atoms with Crippen molar-refractivity contribution in [1.82, 2.24) is 0 Å². The maximum atomic E-state index is 12.7. The molecule has 1 aromatic carbocycles. The molecule has 0 bridgehead atoms. The van der Waals surface area contributed by atoms with E-state index in [4.69, 9.17) is 4.74 Å². The second-order valence-electron chi connectivity index (χ2n) is 10.5. The predicted octanol–water partition coefficient (Wildman–Crippen LogP) is 6.35. The lowest BCUT2D eigenvalue weighted by molar-refractivity contribution is -0.127. The van der Waals surface area contributed by atoms with E-state index < -0.39 is 0 Å². The van der Waals surface area contributed by atoms with Gasteiger partial charge in [0.15, 0.2) is 0 Å². The number of fused-ring (bicyclic) bond motifs is 5. The third-order valence-electron chi connectivity index (χ3n) is 9.02. The standard InChI is InChI=1S/C26H31IO3/c1-25-12-10-19(30-24(29)16-4-3-5-18(27)14-16)15-17(25)6-7-20-21-8-9-23(28)26(21,2)13-11-22(20)25/h3-5,11,14,17,19-21H,6-10,12-13,15H2,1-2H3/t17-,19+,20+,21-,25-,26+/m0/s1. The van der Waals surface area contributed by atoms with Crippen molar-refractivity contribution in [2.45, 2.75) is 71.3 Å². The molecule has 0 aromatic heterocycles. The Balaban J connectivity index is 1.31. The molecule has 0 N–H and O–H groups in total. The molecule has 0 aliphatic heterocycles. The topological polar surface area (TPSA) is 43.4 Å². The van der Waals surface area contributed by atoms with Crippen molar-refractivity contribution < 1.29 is 14.3 Å². The minimum Gasteiger partial charge on any atom is -0.459 e. The van der Waals surface area contributed by atoms with Crippen LogP contribution >= 0.6 is 22.6 Å². The van der Waals surface area contributed by atoms with Gasteiger partial charge < -0.3 is 4.74 Å². The summed E-state index contributed by atoms with van der Waals surface area (Å²) >= 11 is 2.23. The number of hydrogen-bond acceptors (Lipinski definition) is 3. The van der Waals surface area contributed by atoms with Crippen LogP contribution in [-0.4, -0.2) is 17.9 Å². The number of carbonyl (C=O) groups is 2. The van der Waals surface area contributed by atoms with Gasteiger partial charge in [-0.15, -0.1) is 0 Å². The van der Waals surface area contributed by atoms with Crippen LogP contribution in [0.5, 0.6) is 0 Å². The Bertz CT molecular complexity index is 921. The van der Waals surface area contributed by atoms with Crippen molar-refractivity contribution in [3.63, 3.8) is 0 Å². The van der Waals surface area contributed by atoms with Gasteiger partial charge in [-0.2, -0.15) is 0 Å². The van der Waals surface area contributed by atoms with Crippen molar-refractivity contribution >= 4 is 34.3 Å². The number of hydrogen-bond donors (Lipinski definition) is 0. The number of ether oxygens (including phenoxy) is 1. The van der Waals surface area contributed by atoms with Crippen LogP contribution in [0.1, 0.15) is 75.6 Å². The van der Waals surface area contributed by atoms with E-state index in [9.17, 15) is 9.59 Å². The van der Waals surface area contributed by atoms with Gasteiger partial charge in [0.1, 0.15) is 11.9 Å². The van der Waals surface area contributed by atoms with E-state index in [-0.39, 0.29) is 22.9 Å². The Morgan fingerprint density at radius 3 is 2.77 bits per heavy atom. The van der Waals surface area contributed by atoms with E-state index in [0.29, 0.717) is 29.1 Å². The highest BCUT2D eigenvalue weighted by molar-refractivity contribution is 14.1. The number of halogens is 1. The Morgan fingerprint density at radius 1 is 1.13 bits per heavy atom. The second kappa shape index (κ2) is 7.46. The van der Waals surface area contributed by atoms with Crippen LogP contribution in [0.4, 0.5) is 0 Å². The summed E-state index contributed by atoms with van der Waals surface area (Å²) in [6.07, 6.45) is 10.6. The smallest absolute Gasteiger partial charge is 0.338 e. The van der Waals surface area contributed by atoms with Crippen molar-refractivity contribution in [2.24, 2.45) is 28.6 Å². The van der Waals surface area contributed by atoms with Gasteiger partial charge in [-0.3, -0.25) is 4.79 Å². The zero-order chi connectivity index (χ0) is 21.1. The highest BCUT2D eigenvalue weighted by atomic mass is 127. The van der Waals surface area contributed by atoms with Crippen LogP contribution < -0.4 is 0 Å². The van der Waals surface area contributed by atoms with E-state index in [1.807, 2.05) is 24.3 Å². The predicted molar refractivity (Wildman–Crippen MR) is 125 cm³/mol. The summed E-state index contributed by atoms with van der Waals surface area (Å²) in [6, 6.07) is 7.64. The van der Waals surface area contributed by atoms with Gasteiger partial charge in [0, 0.05) is 15.4 Å². The molecular formula is C26H31IO3. The summed E-state index contributed by atoms with van der Waals surface area (Å²) in [6.45, 7) is 4.67. The van der Waals surface area contributed by atoms with Gasteiger partial charge in [-0.1, -0.05) is 31.6 Å². The van der Waals surface area contributed by atoms with Crippen LogP contribution in [0.25, 0.3) is 0 Å². The van der Waals surface area contributed by atoms with Gasteiger partial charge >= 0.3 is 5.97 Å². The van der Waals surface area contributed by atoms with Gasteiger partial charge in [0.05, 0.1) is 5.56 Å². The number of allylic oxidation sites excluding steroid dienone is 2. The molecule has 0 saturated heterocycles. The molecule has 1 aromatic rings. The van der Waals surface area contributed by atoms with E-state index in [0.717, 1.165) is 42.1 Å². The second-order valence-corrected chi connectivity index (χ2v) is 11.7. The fourth-order valence-corrected chi connectivity index (χ4v) is 7.75. The number of ketones is 1. The molecule has 3 saturated carbocycles. The molecule has 30 heavy (non-hydrogen) atoms. The average Bonchev–Trinajstić information content (AvgIpc) is 3.03. The third kappa shape index (κ3) is 3.20. The molecule has 4 heteroatoms. The summed E-state index contributed by atoms with van der Waals surface area (Å²) in [5.41, 5.74) is 2.38. The molecule has 0 radical (unpaired) electrons. The molecule has 4 aliphatic rings. The van der Waals surface area contributed by atoms with Crippen LogP contribution in [0, 0.1) is 32.2 Å². The number of Topliss-reactive ketones (excluding diaryl/α,β-unsaturated/α-hetero) is 1. The number of rotatable bonds is 2. The molecule has 3 fully saturated rings. The number of benzene rings is 1. The zero-order valence-corrected chi connectivity index (χ0v) is 20.1. The highest BCUT2D eigenvalue weighted by Gasteiger charge is 2.57. The van der Waals surface area contributed by atoms with Gasteiger partial charge in [0.25, 0.3) is 0 Å². The first-order valence-corrected chi connectivity index (χ1v) is 12.6. The van der Waals surface area contributed by atoms with Crippen LogP contribution in [0.2, 0.25) is 0 Å². The van der Waals surface area contributed by atoms with Gasteiger partial charge in [-0.05, 0) is 109 Å². The van der Waals surface area contributed by atoms with Crippen molar-refractivity contribution in [3.8, 4) is 0 Å². The van der Waals surface area contributed by atoms with Crippen LogP contribution in [-0.2, 0) is 9.53 Å². The summed E-state index contributed by atoms with van der Waals surface area (Å²) < 4.78 is 7.01. The summed E-state index contributed by atoms with van der Waals surface area (Å²) in [4.78, 5) is 25.2. The molecule has 4 aliphatic carbocycles. The van der Waals surface area contributed by atoms with Crippen LogP contribution in [0.15, 0.2) is 35.9 Å². The zero-order valence-electron chi connectivity index (χ0n) is 18.0. The lowest BCUT2D eigenvalue weighted by Gasteiger charge is -2.56. The molecule has 5 rings (SSSR count). The summed E-state index contributed by atoms with van der Waals surface area (Å²) in [5.74, 6) is 2.00. The van der Waals surface area contributed by atoms with Crippen molar-refractivity contribution in [1.29, 1.82) is 0 Å².